The molecule has 0 aliphatic heterocycles. The van der Waals surface area contributed by atoms with Gasteiger partial charge in [-0.3, -0.25) is 9.59 Å². The van der Waals surface area contributed by atoms with Crippen LogP contribution >= 0.6 is 0 Å². The molecule has 0 bridgehead atoms. The van der Waals surface area contributed by atoms with E-state index in [0.717, 1.165) is 34.3 Å². The van der Waals surface area contributed by atoms with Crippen LogP contribution in [0.1, 0.15) is 73.3 Å². The first kappa shape index (κ1) is 35.1. The zero-order chi connectivity index (χ0) is 30.1. The second kappa shape index (κ2) is 18.3. The molecule has 5 N–H and O–H groups in total. The number of carboxylic acid groups (broad SMARTS) is 1. The molecule has 0 saturated heterocycles. The predicted molar refractivity (Wildman–Crippen MR) is 165 cm³/mol. The normalized spacial score (nSPS) is 14.0. The number of carbonyl (C=O) groups is 2. The summed E-state index contributed by atoms with van der Waals surface area (Å²) >= 11 is 0. The van der Waals surface area contributed by atoms with Crippen molar-refractivity contribution >= 4 is 17.5 Å². The van der Waals surface area contributed by atoms with Crippen molar-refractivity contribution in [3.63, 3.8) is 0 Å². The van der Waals surface area contributed by atoms with Gasteiger partial charge in [0.2, 0.25) is 0 Å². The second-order valence-electron chi connectivity index (χ2n) is 9.47. The highest BCUT2D eigenvalue weighted by Crippen LogP contribution is 2.25. The summed E-state index contributed by atoms with van der Waals surface area (Å²) in [5, 5.41) is 8.37. The van der Waals surface area contributed by atoms with Gasteiger partial charge in [0.15, 0.2) is 0 Å². The first-order valence-electron chi connectivity index (χ1n) is 13.3. The Kier molecular flexibility index (Phi) is 16.5. The number of allylic oxidation sites excluding steroid dienone is 9. The number of hydrogen-bond acceptors (Lipinski definition) is 5. The zero-order valence-electron chi connectivity index (χ0n) is 24.8. The quantitative estimate of drug-likeness (QED) is 0.183. The number of ketones is 1. The summed E-state index contributed by atoms with van der Waals surface area (Å²) in [7, 11) is 0. The van der Waals surface area contributed by atoms with Crippen LogP contribution in [0.2, 0.25) is 0 Å². The molecule has 0 saturated carbocycles. The molecule has 0 aliphatic rings. The van der Waals surface area contributed by atoms with Gasteiger partial charge in [0.1, 0.15) is 11.6 Å². The molecule has 0 spiro atoms. The molecule has 1 unspecified atom stereocenters. The van der Waals surface area contributed by atoms with Crippen LogP contribution in [0.25, 0.3) is 0 Å². The lowest BCUT2D eigenvalue weighted by Crippen LogP contribution is -2.18. The molecule has 0 fully saturated rings. The third-order valence-electron chi connectivity index (χ3n) is 5.96. The molecule has 39 heavy (non-hydrogen) atoms. The minimum atomic E-state index is -0.742. The number of benzene rings is 1. The first-order chi connectivity index (χ1) is 18.3. The van der Waals surface area contributed by atoms with Crippen LogP contribution in [0.15, 0.2) is 106 Å². The van der Waals surface area contributed by atoms with Crippen LogP contribution in [-0.2, 0) is 16.0 Å². The van der Waals surface area contributed by atoms with Crippen molar-refractivity contribution in [2.75, 3.05) is 0 Å². The predicted octanol–water partition coefficient (Wildman–Crippen LogP) is 7.21. The van der Waals surface area contributed by atoms with Crippen molar-refractivity contribution in [3.05, 3.63) is 107 Å². The van der Waals surface area contributed by atoms with E-state index in [4.69, 9.17) is 16.6 Å². The molecule has 0 heterocycles. The van der Waals surface area contributed by atoms with E-state index in [0.29, 0.717) is 35.6 Å². The van der Waals surface area contributed by atoms with E-state index < -0.39 is 5.97 Å². The number of nitrogens with two attached hydrogens (primary N) is 2. The molecule has 6 heteroatoms. The fourth-order valence-corrected chi connectivity index (χ4v) is 3.74. The lowest BCUT2D eigenvalue weighted by molar-refractivity contribution is -0.137. The maximum atomic E-state index is 12.3. The van der Waals surface area contributed by atoms with Crippen molar-refractivity contribution in [3.8, 4) is 0 Å². The van der Waals surface area contributed by atoms with Crippen molar-refractivity contribution in [2.45, 2.75) is 74.1 Å². The Labute approximate surface area is 235 Å². The SMILES string of the molecule is C=C(C)/C=C\C(C(=C)/C(C)=N/C(N)=C(\C(C)=C\CC)C(C)C(=O)CC)=C(/C)N.O=C(O)CCc1ccccc1. The van der Waals surface area contributed by atoms with Crippen LogP contribution < -0.4 is 11.5 Å². The Bertz CT molecular complexity index is 1160. The molecule has 0 aliphatic carbocycles. The van der Waals surface area contributed by atoms with Crippen LogP contribution in [0.3, 0.4) is 0 Å². The van der Waals surface area contributed by atoms with Crippen LogP contribution in [-0.4, -0.2) is 22.6 Å². The van der Waals surface area contributed by atoms with E-state index in [-0.39, 0.29) is 18.1 Å². The van der Waals surface area contributed by atoms with E-state index in [1.165, 1.54) is 0 Å². The van der Waals surface area contributed by atoms with Gasteiger partial charge in [0, 0.05) is 41.3 Å². The standard InChI is InChI=1S/C24H37N3O.C9H10O2/c1-10-12-16(5)23(18(7)22(28)11-2)24(26)27-20(9)17(6)21(19(8)25)14-13-15(3)4;10-9(11)7-6-8-4-2-1-3-5-8/h12-14,18H,3,6,10-11,25-26H2,1-2,4-5,7-9H3;1-5H,6-7H2,(H,10,11)/b14-13-,16-12+,21-19-,24-23+,27-20+;. The van der Waals surface area contributed by atoms with Gasteiger partial charge in [0.05, 0.1) is 0 Å². The summed E-state index contributed by atoms with van der Waals surface area (Å²) in [4.78, 5) is 27.1. The van der Waals surface area contributed by atoms with Crippen molar-refractivity contribution in [1.82, 2.24) is 0 Å². The number of aliphatic carboxylic acids is 1. The summed E-state index contributed by atoms with van der Waals surface area (Å²) in [5.41, 5.74) is 18.9. The minimum Gasteiger partial charge on any atom is -0.481 e. The van der Waals surface area contributed by atoms with Gasteiger partial charge in [-0.25, -0.2) is 4.99 Å². The minimum absolute atomic E-state index is 0.135. The number of carbonyl (C=O) groups excluding carboxylic acids is 1. The topological polar surface area (TPSA) is 119 Å². The summed E-state index contributed by atoms with van der Waals surface area (Å²) in [5.74, 6) is -0.578. The Morgan fingerprint density at radius 3 is 2.08 bits per heavy atom. The fourth-order valence-electron chi connectivity index (χ4n) is 3.74. The first-order valence-corrected chi connectivity index (χ1v) is 13.3. The average molecular weight is 534 g/mol. The number of hydrogen-bond donors (Lipinski definition) is 3. The molecular formula is C33H47N3O3. The monoisotopic (exact) mass is 533 g/mol. The van der Waals surface area contributed by atoms with E-state index >= 15 is 0 Å². The molecule has 0 aromatic heterocycles. The number of Topliss-reactive ketones (excluding diaryl/α,β-unsaturated/α-hetero) is 1. The van der Waals surface area contributed by atoms with Gasteiger partial charge in [-0.05, 0) is 57.2 Å². The molecule has 1 rings (SSSR count). The number of nitrogens with zero attached hydrogens (tertiary/aromatic N) is 1. The van der Waals surface area contributed by atoms with Gasteiger partial charge in [-0.2, -0.15) is 0 Å². The summed E-state index contributed by atoms with van der Waals surface area (Å²) < 4.78 is 0. The van der Waals surface area contributed by atoms with Crippen LogP contribution in [0, 0.1) is 5.92 Å². The lowest BCUT2D eigenvalue weighted by Gasteiger charge is -2.18. The fraction of sp³-hybridized carbons (Fsp3) is 0.364. The lowest BCUT2D eigenvalue weighted by atomic mass is 9.89. The summed E-state index contributed by atoms with van der Waals surface area (Å²) in [6.45, 7) is 21.3. The highest BCUT2D eigenvalue weighted by molar-refractivity contribution is 6.03. The third-order valence-corrected chi connectivity index (χ3v) is 5.96. The average Bonchev–Trinajstić information content (AvgIpc) is 2.87. The van der Waals surface area contributed by atoms with Gasteiger partial charge in [-0.1, -0.05) is 88.1 Å². The molecule has 0 amide bonds. The van der Waals surface area contributed by atoms with Crippen molar-refractivity contribution < 1.29 is 14.7 Å². The van der Waals surface area contributed by atoms with E-state index in [1.54, 1.807) is 0 Å². The van der Waals surface area contributed by atoms with Crippen molar-refractivity contribution in [2.24, 2.45) is 22.4 Å². The highest BCUT2D eigenvalue weighted by atomic mass is 16.4. The number of aryl methyl sites for hydroxylation is 1. The smallest absolute Gasteiger partial charge is 0.303 e. The van der Waals surface area contributed by atoms with E-state index in [2.05, 4.69) is 31.2 Å². The molecule has 1 aromatic rings. The zero-order valence-corrected chi connectivity index (χ0v) is 24.8. The Hall–Kier alpha value is -3.93. The van der Waals surface area contributed by atoms with Gasteiger partial charge in [-0.15, -0.1) is 0 Å². The Morgan fingerprint density at radius 2 is 1.62 bits per heavy atom. The summed E-state index contributed by atoms with van der Waals surface area (Å²) in [6, 6.07) is 9.62. The van der Waals surface area contributed by atoms with Gasteiger partial charge < -0.3 is 16.6 Å². The van der Waals surface area contributed by atoms with E-state index in [1.807, 2.05) is 84.0 Å². The maximum absolute atomic E-state index is 12.3. The number of carboxylic acids is 1. The Morgan fingerprint density at radius 1 is 1.03 bits per heavy atom. The molecule has 6 nitrogen and oxygen atoms in total. The van der Waals surface area contributed by atoms with Crippen LogP contribution in [0.5, 0.6) is 0 Å². The van der Waals surface area contributed by atoms with Gasteiger partial charge >= 0.3 is 5.97 Å². The van der Waals surface area contributed by atoms with Crippen molar-refractivity contribution in [1.29, 1.82) is 0 Å². The molecule has 212 valence electrons. The summed E-state index contributed by atoms with van der Waals surface area (Å²) in [6.07, 6.45) is 7.97. The number of rotatable bonds is 13. The maximum Gasteiger partial charge on any atom is 0.303 e. The molecular weight excluding hydrogens is 486 g/mol. The third kappa shape index (κ3) is 13.4. The van der Waals surface area contributed by atoms with Crippen LogP contribution in [0.4, 0.5) is 0 Å². The molecule has 0 radical (unpaired) electrons. The molecule has 1 aromatic carbocycles. The molecule has 1 atom stereocenters. The Balaban J connectivity index is 0.00000108. The van der Waals surface area contributed by atoms with E-state index in [9.17, 15) is 9.59 Å². The van der Waals surface area contributed by atoms with Gasteiger partial charge in [0.25, 0.3) is 0 Å². The highest BCUT2D eigenvalue weighted by Gasteiger charge is 2.21. The number of aliphatic imine (C=N–C) groups is 1. The largest absolute Gasteiger partial charge is 0.481 e. The second-order valence-corrected chi connectivity index (χ2v) is 9.47.